The van der Waals surface area contributed by atoms with Crippen molar-refractivity contribution < 1.29 is 9.18 Å². The molecule has 0 radical (unpaired) electrons. The van der Waals surface area contributed by atoms with E-state index < -0.39 is 5.82 Å². The monoisotopic (exact) mass is 250 g/mol. The molecule has 1 aromatic rings. The fraction of sp³-hybridized carbons (Fsp3) is 0.500. The van der Waals surface area contributed by atoms with E-state index in [4.69, 9.17) is 5.73 Å². The van der Waals surface area contributed by atoms with Gasteiger partial charge in [0.05, 0.1) is 11.3 Å². The maximum Gasteiger partial charge on any atom is 0.256 e. The van der Waals surface area contributed by atoms with E-state index in [2.05, 4.69) is 13.8 Å². The standard InChI is InChI=1S/C14H19FN2O/c1-9(2)8-17(10-6-7-10)14(18)11-4-3-5-12(15)13(11)16/h3-5,9-10H,6-8,16H2,1-2H3. The van der Waals surface area contributed by atoms with Crippen molar-refractivity contribution in [2.24, 2.45) is 5.92 Å². The van der Waals surface area contributed by atoms with Crippen molar-refractivity contribution in [3.63, 3.8) is 0 Å². The van der Waals surface area contributed by atoms with Gasteiger partial charge in [-0.2, -0.15) is 0 Å². The van der Waals surface area contributed by atoms with Crippen LogP contribution in [0.5, 0.6) is 0 Å². The fourth-order valence-corrected chi connectivity index (χ4v) is 2.06. The molecule has 0 heterocycles. The van der Waals surface area contributed by atoms with Gasteiger partial charge in [0.2, 0.25) is 0 Å². The molecule has 98 valence electrons. The SMILES string of the molecule is CC(C)CN(C(=O)c1cccc(F)c1N)C1CC1. The van der Waals surface area contributed by atoms with Gasteiger partial charge in [-0.15, -0.1) is 0 Å². The van der Waals surface area contributed by atoms with E-state index >= 15 is 0 Å². The van der Waals surface area contributed by atoms with Gasteiger partial charge < -0.3 is 10.6 Å². The number of hydrogen-bond donors (Lipinski definition) is 1. The first-order chi connectivity index (χ1) is 8.50. The Morgan fingerprint density at radius 3 is 2.72 bits per heavy atom. The highest BCUT2D eigenvalue weighted by molar-refractivity contribution is 5.99. The number of para-hydroxylation sites is 1. The van der Waals surface area contributed by atoms with E-state index in [1.807, 2.05) is 4.90 Å². The molecule has 1 saturated carbocycles. The molecule has 1 aliphatic carbocycles. The highest BCUT2D eigenvalue weighted by Gasteiger charge is 2.34. The number of carbonyl (C=O) groups excluding carboxylic acids is 1. The minimum atomic E-state index is -0.527. The lowest BCUT2D eigenvalue weighted by Gasteiger charge is -2.25. The third-order valence-electron chi connectivity index (χ3n) is 3.09. The van der Waals surface area contributed by atoms with Crippen LogP contribution in [-0.2, 0) is 0 Å². The first-order valence-corrected chi connectivity index (χ1v) is 6.35. The lowest BCUT2D eigenvalue weighted by molar-refractivity contribution is 0.0723. The van der Waals surface area contributed by atoms with Crippen molar-refractivity contribution in [1.82, 2.24) is 4.90 Å². The van der Waals surface area contributed by atoms with Crippen LogP contribution in [0.4, 0.5) is 10.1 Å². The number of carbonyl (C=O) groups is 1. The highest BCUT2D eigenvalue weighted by Crippen LogP contribution is 2.30. The summed E-state index contributed by atoms with van der Waals surface area (Å²) >= 11 is 0. The van der Waals surface area contributed by atoms with Crippen LogP contribution in [0.25, 0.3) is 0 Å². The quantitative estimate of drug-likeness (QED) is 0.835. The predicted octanol–water partition coefficient (Wildman–Crippen LogP) is 2.67. The second-order valence-corrected chi connectivity index (χ2v) is 5.28. The Bertz CT molecular complexity index is 455. The molecule has 1 aromatic carbocycles. The topological polar surface area (TPSA) is 46.3 Å². The number of halogens is 1. The minimum Gasteiger partial charge on any atom is -0.396 e. The van der Waals surface area contributed by atoms with Crippen molar-refractivity contribution >= 4 is 11.6 Å². The molecule has 0 aromatic heterocycles. The van der Waals surface area contributed by atoms with Crippen molar-refractivity contribution in [3.05, 3.63) is 29.6 Å². The summed E-state index contributed by atoms with van der Waals surface area (Å²) in [5, 5.41) is 0. The predicted molar refractivity (Wildman–Crippen MR) is 69.7 cm³/mol. The Hall–Kier alpha value is -1.58. The van der Waals surface area contributed by atoms with Gasteiger partial charge in [0.1, 0.15) is 5.82 Å². The zero-order valence-corrected chi connectivity index (χ0v) is 10.8. The second-order valence-electron chi connectivity index (χ2n) is 5.28. The number of benzene rings is 1. The van der Waals surface area contributed by atoms with E-state index in [1.54, 1.807) is 6.07 Å². The van der Waals surface area contributed by atoms with E-state index in [-0.39, 0.29) is 17.2 Å². The smallest absolute Gasteiger partial charge is 0.256 e. The van der Waals surface area contributed by atoms with E-state index in [1.165, 1.54) is 12.1 Å². The lowest BCUT2D eigenvalue weighted by Crippen LogP contribution is -2.36. The molecule has 2 rings (SSSR count). The van der Waals surface area contributed by atoms with Crippen molar-refractivity contribution in [2.75, 3.05) is 12.3 Å². The molecule has 1 aliphatic rings. The number of nitrogens with two attached hydrogens (primary N) is 1. The third kappa shape index (κ3) is 2.63. The van der Waals surface area contributed by atoms with Gasteiger partial charge in [-0.05, 0) is 30.9 Å². The summed E-state index contributed by atoms with van der Waals surface area (Å²) in [4.78, 5) is 14.2. The van der Waals surface area contributed by atoms with Crippen LogP contribution >= 0.6 is 0 Å². The van der Waals surface area contributed by atoms with Gasteiger partial charge in [-0.1, -0.05) is 19.9 Å². The number of amides is 1. The zero-order valence-electron chi connectivity index (χ0n) is 10.8. The van der Waals surface area contributed by atoms with Gasteiger partial charge >= 0.3 is 0 Å². The summed E-state index contributed by atoms with van der Waals surface area (Å²) < 4.78 is 13.4. The summed E-state index contributed by atoms with van der Waals surface area (Å²) in [5.74, 6) is -0.284. The van der Waals surface area contributed by atoms with Crippen molar-refractivity contribution in [3.8, 4) is 0 Å². The average molecular weight is 250 g/mol. The van der Waals surface area contributed by atoms with Crippen LogP contribution < -0.4 is 5.73 Å². The van der Waals surface area contributed by atoms with Gasteiger partial charge in [0, 0.05) is 12.6 Å². The van der Waals surface area contributed by atoms with E-state index in [9.17, 15) is 9.18 Å². The Kier molecular flexibility index (Phi) is 3.55. The number of nitrogens with zero attached hydrogens (tertiary/aromatic N) is 1. The van der Waals surface area contributed by atoms with Crippen LogP contribution in [0.1, 0.15) is 37.0 Å². The molecular weight excluding hydrogens is 231 g/mol. The van der Waals surface area contributed by atoms with E-state index in [0.717, 1.165) is 12.8 Å². The molecular formula is C14H19FN2O. The number of nitrogen functional groups attached to an aromatic ring is 1. The number of hydrogen-bond acceptors (Lipinski definition) is 2. The van der Waals surface area contributed by atoms with Gasteiger partial charge in [0.15, 0.2) is 0 Å². The normalized spacial score (nSPS) is 14.9. The molecule has 3 nitrogen and oxygen atoms in total. The van der Waals surface area contributed by atoms with Crippen LogP contribution in [0.2, 0.25) is 0 Å². The fourth-order valence-electron chi connectivity index (χ4n) is 2.06. The third-order valence-corrected chi connectivity index (χ3v) is 3.09. The van der Waals surface area contributed by atoms with Crippen LogP contribution in [0.3, 0.4) is 0 Å². The molecule has 0 unspecified atom stereocenters. The summed E-state index contributed by atoms with van der Waals surface area (Å²) in [6, 6.07) is 4.70. The van der Waals surface area contributed by atoms with Gasteiger partial charge in [0.25, 0.3) is 5.91 Å². The Balaban J connectivity index is 2.25. The largest absolute Gasteiger partial charge is 0.396 e. The molecule has 0 spiro atoms. The van der Waals surface area contributed by atoms with Crippen molar-refractivity contribution in [2.45, 2.75) is 32.7 Å². The molecule has 4 heteroatoms. The summed E-state index contributed by atoms with van der Waals surface area (Å²) in [5.41, 5.74) is 5.89. The van der Waals surface area contributed by atoms with E-state index in [0.29, 0.717) is 18.5 Å². The summed E-state index contributed by atoms with van der Waals surface area (Å²) in [6.07, 6.45) is 2.07. The molecule has 18 heavy (non-hydrogen) atoms. The van der Waals surface area contributed by atoms with Gasteiger partial charge in [-0.3, -0.25) is 4.79 Å². The zero-order chi connectivity index (χ0) is 13.3. The Morgan fingerprint density at radius 1 is 1.50 bits per heavy atom. The molecule has 1 amide bonds. The first-order valence-electron chi connectivity index (χ1n) is 6.35. The summed E-state index contributed by atoms with van der Waals surface area (Å²) in [7, 11) is 0. The first kappa shape index (κ1) is 12.9. The molecule has 1 fully saturated rings. The van der Waals surface area contributed by atoms with Crippen LogP contribution in [0, 0.1) is 11.7 Å². The summed E-state index contributed by atoms with van der Waals surface area (Å²) in [6.45, 7) is 4.83. The van der Waals surface area contributed by atoms with Crippen LogP contribution in [0.15, 0.2) is 18.2 Å². The second kappa shape index (κ2) is 4.96. The molecule has 0 saturated heterocycles. The Labute approximate surface area is 107 Å². The number of rotatable bonds is 4. The molecule has 0 aliphatic heterocycles. The molecule has 2 N–H and O–H groups in total. The molecule has 0 bridgehead atoms. The Morgan fingerprint density at radius 2 is 2.17 bits per heavy atom. The highest BCUT2D eigenvalue weighted by atomic mass is 19.1. The lowest BCUT2D eigenvalue weighted by atomic mass is 10.1. The van der Waals surface area contributed by atoms with Gasteiger partial charge in [-0.25, -0.2) is 4.39 Å². The average Bonchev–Trinajstić information content (AvgIpc) is 3.12. The van der Waals surface area contributed by atoms with Crippen LogP contribution in [-0.4, -0.2) is 23.4 Å². The maximum absolute atomic E-state index is 13.4. The number of anilines is 1. The van der Waals surface area contributed by atoms with Crippen molar-refractivity contribution in [1.29, 1.82) is 0 Å². The minimum absolute atomic E-state index is 0.0445. The molecule has 0 atom stereocenters. The maximum atomic E-state index is 13.4.